The lowest BCUT2D eigenvalue weighted by Crippen LogP contribution is -2.11. The molecule has 2 aromatic carbocycles. The first-order valence-electron chi connectivity index (χ1n) is 6.76. The predicted octanol–water partition coefficient (Wildman–Crippen LogP) is 6.81. The van der Waals surface area contributed by atoms with Gasteiger partial charge < -0.3 is 9.73 Å². The Bertz CT molecular complexity index is 921. The van der Waals surface area contributed by atoms with Gasteiger partial charge in [0, 0.05) is 15.6 Å². The zero-order valence-electron chi connectivity index (χ0n) is 11.9. The Morgan fingerprint density at radius 3 is 2.29 bits per heavy atom. The summed E-state index contributed by atoms with van der Waals surface area (Å²) in [6.07, 6.45) is 0. The second-order valence-electron chi connectivity index (χ2n) is 4.87. The summed E-state index contributed by atoms with van der Waals surface area (Å²) in [4.78, 5) is 12.3. The molecule has 7 heteroatoms. The zero-order chi connectivity index (χ0) is 17.3. The van der Waals surface area contributed by atoms with E-state index in [9.17, 15) is 4.79 Å². The first-order chi connectivity index (χ1) is 11.4. The van der Waals surface area contributed by atoms with Gasteiger partial charge in [-0.15, -0.1) is 0 Å². The number of hydrogen-bond donors (Lipinski definition) is 1. The number of halogens is 4. The van der Waals surface area contributed by atoms with Crippen molar-refractivity contribution in [2.24, 2.45) is 0 Å². The van der Waals surface area contributed by atoms with Crippen molar-refractivity contribution < 1.29 is 9.21 Å². The van der Waals surface area contributed by atoms with Crippen LogP contribution in [0.2, 0.25) is 20.1 Å². The Hall–Kier alpha value is -1.65. The number of rotatable bonds is 3. The van der Waals surface area contributed by atoms with E-state index >= 15 is 0 Å². The number of furan rings is 1. The van der Waals surface area contributed by atoms with Gasteiger partial charge >= 0.3 is 0 Å². The fraction of sp³-hybridized carbons (Fsp3) is 0. The molecule has 0 aliphatic carbocycles. The molecule has 0 unspecified atom stereocenters. The van der Waals surface area contributed by atoms with Crippen LogP contribution in [0.15, 0.2) is 52.9 Å². The molecule has 0 radical (unpaired) electrons. The molecule has 0 bridgehead atoms. The Balaban J connectivity index is 1.85. The van der Waals surface area contributed by atoms with Crippen molar-refractivity contribution in [1.82, 2.24) is 0 Å². The van der Waals surface area contributed by atoms with E-state index in [0.717, 1.165) is 0 Å². The van der Waals surface area contributed by atoms with Gasteiger partial charge in [0.2, 0.25) is 0 Å². The highest BCUT2D eigenvalue weighted by Crippen LogP contribution is 2.32. The normalized spacial score (nSPS) is 10.7. The Labute approximate surface area is 158 Å². The maximum atomic E-state index is 12.3. The Morgan fingerprint density at radius 2 is 1.54 bits per heavy atom. The summed E-state index contributed by atoms with van der Waals surface area (Å²) >= 11 is 24.0. The molecule has 0 aliphatic heterocycles. The van der Waals surface area contributed by atoms with Crippen LogP contribution in [-0.4, -0.2) is 5.91 Å². The molecule has 1 amide bonds. The maximum Gasteiger partial charge on any atom is 0.291 e. The van der Waals surface area contributed by atoms with Crippen LogP contribution in [0, 0.1) is 0 Å². The molecular weight excluding hydrogens is 392 g/mol. The van der Waals surface area contributed by atoms with Crippen LogP contribution in [-0.2, 0) is 0 Å². The summed E-state index contributed by atoms with van der Waals surface area (Å²) < 4.78 is 5.58. The van der Waals surface area contributed by atoms with Crippen LogP contribution < -0.4 is 5.32 Å². The van der Waals surface area contributed by atoms with Gasteiger partial charge in [0.15, 0.2) is 5.76 Å². The lowest BCUT2D eigenvalue weighted by atomic mass is 10.2. The first-order valence-corrected chi connectivity index (χ1v) is 8.27. The molecule has 0 saturated heterocycles. The molecule has 0 saturated carbocycles. The molecule has 122 valence electrons. The second kappa shape index (κ2) is 7.08. The molecule has 3 aromatic rings. The van der Waals surface area contributed by atoms with E-state index in [1.165, 1.54) is 0 Å². The van der Waals surface area contributed by atoms with Crippen molar-refractivity contribution in [2.45, 2.75) is 0 Å². The summed E-state index contributed by atoms with van der Waals surface area (Å²) in [5.41, 5.74) is 1.04. The molecule has 0 aliphatic rings. The topological polar surface area (TPSA) is 42.2 Å². The van der Waals surface area contributed by atoms with Crippen LogP contribution in [0.4, 0.5) is 5.69 Å². The minimum absolute atomic E-state index is 0.118. The smallest absolute Gasteiger partial charge is 0.291 e. The summed E-state index contributed by atoms with van der Waals surface area (Å²) in [7, 11) is 0. The van der Waals surface area contributed by atoms with Gasteiger partial charge in [0.1, 0.15) is 5.76 Å². The average molecular weight is 401 g/mol. The maximum absolute atomic E-state index is 12.3. The SMILES string of the molecule is O=C(Nc1cc(Cl)ccc1Cl)c1ccc(-c2ccc(Cl)cc2Cl)o1. The molecule has 24 heavy (non-hydrogen) atoms. The van der Waals surface area contributed by atoms with Crippen LogP contribution >= 0.6 is 46.4 Å². The molecule has 1 aromatic heterocycles. The van der Waals surface area contributed by atoms with E-state index in [1.54, 1.807) is 48.5 Å². The zero-order valence-corrected chi connectivity index (χ0v) is 15.0. The van der Waals surface area contributed by atoms with Gasteiger partial charge in [0.25, 0.3) is 5.91 Å². The van der Waals surface area contributed by atoms with Gasteiger partial charge in [-0.25, -0.2) is 0 Å². The van der Waals surface area contributed by atoms with E-state index in [4.69, 9.17) is 50.8 Å². The van der Waals surface area contributed by atoms with E-state index in [-0.39, 0.29) is 5.76 Å². The molecule has 0 fully saturated rings. The van der Waals surface area contributed by atoms with Crippen LogP contribution in [0.25, 0.3) is 11.3 Å². The van der Waals surface area contributed by atoms with E-state index in [0.29, 0.717) is 37.1 Å². The predicted molar refractivity (Wildman–Crippen MR) is 98.6 cm³/mol. The number of carbonyl (C=O) groups excluding carboxylic acids is 1. The molecular formula is C17H9Cl4NO2. The van der Waals surface area contributed by atoms with Crippen molar-refractivity contribution in [3.63, 3.8) is 0 Å². The highest BCUT2D eigenvalue weighted by molar-refractivity contribution is 6.36. The number of carbonyl (C=O) groups is 1. The largest absolute Gasteiger partial charge is 0.451 e. The van der Waals surface area contributed by atoms with Crippen LogP contribution in [0.3, 0.4) is 0 Å². The number of anilines is 1. The minimum atomic E-state index is -0.449. The first kappa shape index (κ1) is 17.2. The fourth-order valence-corrected chi connectivity index (χ4v) is 2.91. The lowest BCUT2D eigenvalue weighted by Gasteiger charge is -2.06. The quantitative estimate of drug-likeness (QED) is 0.524. The van der Waals surface area contributed by atoms with Gasteiger partial charge in [-0.3, -0.25) is 4.79 Å². The highest BCUT2D eigenvalue weighted by Gasteiger charge is 2.15. The molecule has 0 atom stereocenters. The molecule has 1 heterocycles. The highest BCUT2D eigenvalue weighted by atomic mass is 35.5. The molecule has 0 spiro atoms. The number of amides is 1. The third kappa shape index (κ3) is 3.70. The van der Waals surface area contributed by atoms with Crippen LogP contribution in [0.5, 0.6) is 0 Å². The van der Waals surface area contributed by atoms with E-state index < -0.39 is 5.91 Å². The summed E-state index contributed by atoms with van der Waals surface area (Å²) in [6, 6.07) is 13.0. The van der Waals surface area contributed by atoms with Gasteiger partial charge in [-0.2, -0.15) is 0 Å². The average Bonchev–Trinajstić information content (AvgIpc) is 3.00. The fourth-order valence-electron chi connectivity index (χ4n) is 2.07. The summed E-state index contributed by atoms with van der Waals surface area (Å²) in [5, 5.41) is 4.44. The number of nitrogens with one attached hydrogen (secondary N) is 1. The van der Waals surface area contributed by atoms with Crippen LogP contribution in [0.1, 0.15) is 10.6 Å². The lowest BCUT2D eigenvalue weighted by molar-refractivity contribution is 0.0997. The summed E-state index contributed by atoms with van der Waals surface area (Å²) in [5.74, 6) is 0.126. The van der Waals surface area contributed by atoms with E-state index in [1.807, 2.05) is 0 Å². The third-order valence-electron chi connectivity index (χ3n) is 3.20. The standard InChI is InChI=1S/C17H9Cl4NO2/c18-9-1-3-11(13(21)7-9)15-5-6-16(24-15)17(23)22-14-8-10(19)2-4-12(14)20/h1-8H,(H,22,23). The van der Waals surface area contributed by atoms with Gasteiger partial charge in [0.05, 0.1) is 15.7 Å². The van der Waals surface area contributed by atoms with Crippen molar-refractivity contribution >= 4 is 58.0 Å². The third-order valence-corrected chi connectivity index (χ3v) is 4.32. The number of benzene rings is 2. The monoisotopic (exact) mass is 399 g/mol. The van der Waals surface area contributed by atoms with Gasteiger partial charge in [-0.1, -0.05) is 46.4 Å². The molecule has 3 rings (SSSR count). The summed E-state index contributed by atoms with van der Waals surface area (Å²) in [6.45, 7) is 0. The van der Waals surface area contributed by atoms with Crippen molar-refractivity contribution in [3.05, 3.63) is 74.4 Å². The molecule has 1 N–H and O–H groups in total. The second-order valence-corrected chi connectivity index (χ2v) is 6.55. The Kier molecular flexibility index (Phi) is 5.07. The van der Waals surface area contributed by atoms with E-state index in [2.05, 4.69) is 5.32 Å². The molecule has 3 nitrogen and oxygen atoms in total. The van der Waals surface area contributed by atoms with Crippen molar-refractivity contribution in [1.29, 1.82) is 0 Å². The Morgan fingerprint density at radius 1 is 0.833 bits per heavy atom. The van der Waals surface area contributed by atoms with Crippen molar-refractivity contribution in [3.8, 4) is 11.3 Å². The van der Waals surface area contributed by atoms with Crippen molar-refractivity contribution in [2.75, 3.05) is 5.32 Å². The minimum Gasteiger partial charge on any atom is -0.451 e. The van der Waals surface area contributed by atoms with Gasteiger partial charge in [-0.05, 0) is 48.5 Å². The number of hydrogen-bond acceptors (Lipinski definition) is 2.